The number of hydrogen-bond acceptors (Lipinski definition) is 5. The van der Waals surface area contributed by atoms with Crippen LogP contribution in [0.25, 0.3) is 0 Å². The van der Waals surface area contributed by atoms with Gasteiger partial charge in [-0.25, -0.2) is 13.1 Å². The van der Waals surface area contributed by atoms with Crippen LogP contribution in [0.5, 0.6) is 0 Å². The smallest absolute Gasteiger partial charge is 0.306 e. The van der Waals surface area contributed by atoms with E-state index in [1.807, 2.05) is 0 Å². The van der Waals surface area contributed by atoms with Crippen LogP contribution in [0.3, 0.4) is 0 Å². The molecule has 1 aliphatic carbocycles. The van der Waals surface area contributed by atoms with Crippen molar-refractivity contribution in [3.05, 3.63) is 17.5 Å². The first-order chi connectivity index (χ1) is 9.35. The Hall–Kier alpha value is -1.41. The molecule has 0 saturated heterocycles. The lowest BCUT2D eigenvalue weighted by atomic mass is 9.87. The molecule has 0 spiro atoms. The van der Waals surface area contributed by atoms with Gasteiger partial charge in [0, 0.05) is 12.1 Å². The average Bonchev–Trinajstić information content (AvgIpc) is 2.73. The third-order valence-electron chi connectivity index (χ3n) is 3.43. The van der Waals surface area contributed by atoms with Crippen molar-refractivity contribution in [2.75, 3.05) is 0 Å². The van der Waals surface area contributed by atoms with Gasteiger partial charge < -0.3 is 9.63 Å². The molecule has 0 aliphatic heterocycles. The quantitative estimate of drug-likeness (QED) is 0.841. The first-order valence-electron chi connectivity index (χ1n) is 6.51. The molecule has 20 heavy (non-hydrogen) atoms. The molecule has 1 aromatic heterocycles. The van der Waals surface area contributed by atoms with E-state index in [1.54, 1.807) is 13.0 Å². The van der Waals surface area contributed by atoms with Gasteiger partial charge in [0.2, 0.25) is 10.0 Å². The number of sulfonamides is 1. The first-order valence-corrected chi connectivity index (χ1v) is 8.16. The average molecular weight is 302 g/mol. The van der Waals surface area contributed by atoms with Gasteiger partial charge in [-0.05, 0) is 32.6 Å². The number of carboxylic acids is 1. The second-order valence-corrected chi connectivity index (χ2v) is 6.95. The fourth-order valence-corrected chi connectivity index (χ4v) is 3.76. The Morgan fingerprint density at radius 3 is 2.60 bits per heavy atom. The number of nitrogens with one attached hydrogen (secondary N) is 1. The Labute approximate surface area is 117 Å². The molecule has 0 atom stereocenters. The second kappa shape index (κ2) is 5.92. The van der Waals surface area contributed by atoms with Gasteiger partial charge in [-0.3, -0.25) is 4.79 Å². The molecule has 1 heterocycles. The van der Waals surface area contributed by atoms with Gasteiger partial charge in [0.15, 0.2) is 5.76 Å². The number of aromatic nitrogens is 1. The normalized spacial score (nSPS) is 23.6. The van der Waals surface area contributed by atoms with Gasteiger partial charge in [0.05, 0.1) is 11.6 Å². The molecule has 2 N–H and O–H groups in total. The van der Waals surface area contributed by atoms with Crippen LogP contribution in [0, 0.1) is 12.8 Å². The molecule has 112 valence electrons. The van der Waals surface area contributed by atoms with Crippen LogP contribution in [0.1, 0.15) is 37.1 Å². The fourth-order valence-electron chi connectivity index (χ4n) is 2.43. The summed E-state index contributed by atoms with van der Waals surface area (Å²) >= 11 is 0. The number of aliphatic carboxylic acids is 1. The van der Waals surface area contributed by atoms with Crippen molar-refractivity contribution in [1.82, 2.24) is 9.88 Å². The Morgan fingerprint density at radius 1 is 1.45 bits per heavy atom. The van der Waals surface area contributed by atoms with Crippen LogP contribution in [0.15, 0.2) is 10.6 Å². The van der Waals surface area contributed by atoms with Crippen molar-refractivity contribution >= 4 is 16.0 Å². The number of rotatable bonds is 5. The zero-order valence-corrected chi connectivity index (χ0v) is 12.0. The summed E-state index contributed by atoms with van der Waals surface area (Å²) in [5.41, 5.74) is 0.636. The minimum absolute atomic E-state index is 0.195. The molecule has 1 aromatic rings. The van der Waals surface area contributed by atoms with Crippen LogP contribution >= 0.6 is 0 Å². The largest absolute Gasteiger partial charge is 0.481 e. The van der Waals surface area contributed by atoms with Crippen molar-refractivity contribution in [1.29, 1.82) is 0 Å². The molecule has 0 bridgehead atoms. The van der Waals surface area contributed by atoms with Crippen molar-refractivity contribution in [2.45, 2.75) is 44.4 Å². The zero-order chi connectivity index (χ0) is 14.8. The van der Waals surface area contributed by atoms with Gasteiger partial charge >= 0.3 is 5.97 Å². The van der Waals surface area contributed by atoms with E-state index < -0.39 is 16.0 Å². The molecule has 0 aromatic carbocycles. The summed E-state index contributed by atoms with van der Waals surface area (Å²) in [6.07, 6.45) is 2.10. The van der Waals surface area contributed by atoms with Gasteiger partial charge in [-0.1, -0.05) is 5.16 Å². The van der Waals surface area contributed by atoms with Gasteiger partial charge in [0.1, 0.15) is 5.75 Å². The van der Waals surface area contributed by atoms with E-state index in [2.05, 4.69) is 9.88 Å². The molecular formula is C12H18N2O5S. The summed E-state index contributed by atoms with van der Waals surface area (Å²) in [6.45, 7) is 1.72. The third kappa shape index (κ3) is 4.04. The van der Waals surface area contributed by atoms with Crippen molar-refractivity contribution < 1.29 is 22.8 Å². The Balaban J connectivity index is 1.88. The third-order valence-corrected chi connectivity index (χ3v) is 4.79. The highest BCUT2D eigenvalue weighted by Gasteiger charge is 2.28. The zero-order valence-electron chi connectivity index (χ0n) is 11.2. The molecule has 7 nitrogen and oxygen atoms in total. The number of carbonyl (C=O) groups is 1. The van der Waals surface area contributed by atoms with Gasteiger partial charge in [-0.2, -0.15) is 0 Å². The summed E-state index contributed by atoms with van der Waals surface area (Å²) in [6, 6.07) is 1.39. The predicted molar refractivity (Wildman–Crippen MR) is 70.4 cm³/mol. The molecular weight excluding hydrogens is 284 g/mol. The van der Waals surface area contributed by atoms with Crippen molar-refractivity contribution in [3.8, 4) is 0 Å². The van der Waals surface area contributed by atoms with E-state index in [4.69, 9.17) is 9.63 Å². The lowest BCUT2D eigenvalue weighted by molar-refractivity contribution is -0.142. The van der Waals surface area contributed by atoms with Crippen LogP contribution < -0.4 is 4.72 Å². The Kier molecular flexibility index (Phi) is 4.44. The van der Waals surface area contributed by atoms with Crippen LogP contribution in [-0.2, 0) is 20.6 Å². The first kappa shape index (κ1) is 15.0. The van der Waals surface area contributed by atoms with E-state index in [9.17, 15) is 13.2 Å². The molecule has 1 saturated carbocycles. The lowest BCUT2D eigenvalue weighted by Crippen LogP contribution is -2.39. The predicted octanol–water partition coefficient (Wildman–Crippen LogP) is 1.05. The summed E-state index contributed by atoms with van der Waals surface area (Å²) in [5.74, 6) is -1.10. The second-order valence-electron chi connectivity index (χ2n) is 5.20. The number of carboxylic acid groups (broad SMARTS) is 1. The Morgan fingerprint density at radius 2 is 2.10 bits per heavy atom. The molecule has 0 radical (unpaired) electrons. The van der Waals surface area contributed by atoms with Crippen LogP contribution in [-0.4, -0.2) is 30.7 Å². The van der Waals surface area contributed by atoms with E-state index in [0.29, 0.717) is 37.1 Å². The topological polar surface area (TPSA) is 110 Å². The number of hydrogen-bond donors (Lipinski definition) is 2. The van der Waals surface area contributed by atoms with Gasteiger partial charge in [0.25, 0.3) is 0 Å². The van der Waals surface area contributed by atoms with Crippen LogP contribution in [0.2, 0.25) is 0 Å². The van der Waals surface area contributed by atoms with Crippen molar-refractivity contribution in [3.63, 3.8) is 0 Å². The number of aryl methyl sites for hydroxylation is 1. The lowest BCUT2D eigenvalue weighted by Gasteiger charge is -2.26. The minimum Gasteiger partial charge on any atom is -0.481 e. The van der Waals surface area contributed by atoms with Crippen molar-refractivity contribution in [2.24, 2.45) is 5.92 Å². The SMILES string of the molecule is Cc1cc(CS(=O)(=O)NC2CCC(C(=O)O)CC2)on1. The maximum Gasteiger partial charge on any atom is 0.306 e. The Bertz CT molecular complexity index is 572. The molecule has 0 unspecified atom stereocenters. The highest BCUT2D eigenvalue weighted by molar-refractivity contribution is 7.88. The highest BCUT2D eigenvalue weighted by Crippen LogP contribution is 2.25. The van der Waals surface area contributed by atoms with Gasteiger partial charge in [-0.15, -0.1) is 0 Å². The molecule has 2 rings (SSSR count). The van der Waals surface area contributed by atoms with E-state index in [1.165, 1.54) is 0 Å². The maximum absolute atomic E-state index is 12.0. The van der Waals surface area contributed by atoms with E-state index in [0.717, 1.165) is 0 Å². The maximum atomic E-state index is 12.0. The highest BCUT2D eigenvalue weighted by atomic mass is 32.2. The summed E-state index contributed by atoms with van der Waals surface area (Å²) in [4.78, 5) is 10.8. The monoisotopic (exact) mass is 302 g/mol. The molecule has 1 fully saturated rings. The van der Waals surface area contributed by atoms with E-state index in [-0.39, 0.29) is 17.7 Å². The summed E-state index contributed by atoms with van der Waals surface area (Å²) < 4.78 is 31.5. The molecule has 0 amide bonds. The molecule has 8 heteroatoms. The summed E-state index contributed by atoms with van der Waals surface area (Å²) in [7, 11) is -3.49. The molecule has 1 aliphatic rings. The summed E-state index contributed by atoms with van der Waals surface area (Å²) in [5, 5.41) is 12.5. The van der Waals surface area contributed by atoms with Crippen LogP contribution in [0.4, 0.5) is 0 Å². The fraction of sp³-hybridized carbons (Fsp3) is 0.667. The number of nitrogens with zero attached hydrogens (tertiary/aromatic N) is 1. The minimum atomic E-state index is -3.49. The van der Waals surface area contributed by atoms with E-state index >= 15 is 0 Å². The standard InChI is InChI=1S/C12H18N2O5S/c1-8-6-11(19-13-8)7-20(17,18)14-10-4-2-9(3-5-10)12(15)16/h6,9-10,14H,2-5,7H2,1H3,(H,15,16).